The van der Waals surface area contributed by atoms with Gasteiger partial charge in [0.2, 0.25) is 11.7 Å². The molecule has 0 amide bonds. The lowest BCUT2D eigenvalue weighted by atomic mass is 10.0. The molecule has 0 bridgehead atoms. The Morgan fingerprint density at radius 2 is 2.00 bits per heavy atom. The van der Waals surface area contributed by atoms with Crippen molar-refractivity contribution in [1.82, 2.24) is 14.8 Å². The first-order valence-electron chi connectivity index (χ1n) is 11.5. The quantitative estimate of drug-likeness (QED) is 0.264. The van der Waals surface area contributed by atoms with Gasteiger partial charge in [-0.25, -0.2) is 4.98 Å². The van der Waals surface area contributed by atoms with E-state index < -0.39 is 4.92 Å². The van der Waals surface area contributed by atoms with E-state index in [0.717, 1.165) is 41.0 Å². The summed E-state index contributed by atoms with van der Waals surface area (Å²) in [6, 6.07) is 16.9. The lowest BCUT2D eigenvalue weighted by Crippen LogP contribution is -2.05. The number of nitro groups is 1. The fourth-order valence-electron chi connectivity index (χ4n) is 4.49. The van der Waals surface area contributed by atoms with E-state index in [4.69, 9.17) is 14.2 Å². The van der Waals surface area contributed by atoms with Crippen molar-refractivity contribution in [3.63, 3.8) is 0 Å². The van der Waals surface area contributed by atoms with Gasteiger partial charge >= 0.3 is 5.69 Å². The van der Waals surface area contributed by atoms with Gasteiger partial charge in [0.05, 0.1) is 42.7 Å². The van der Waals surface area contributed by atoms with Gasteiger partial charge in [0.25, 0.3) is 0 Å². The van der Waals surface area contributed by atoms with Gasteiger partial charge in [-0.15, -0.1) is 5.10 Å². The zero-order valence-corrected chi connectivity index (χ0v) is 19.5. The molecule has 0 atom stereocenters. The number of pyridine rings is 1. The second-order valence-electron chi connectivity index (χ2n) is 8.85. The number of nitrogens with one attached hydrogen (secondary N) is 1. The average Bonchev–Trinajstić information content (AvgIpc) is 3.42. The van der Waals surface area contributed by atoms with E-state index >= 15 is 0 Å². The molecular formula is C26H23N5O5. The Labute approximate surface area is 206 Å². The van der Waals surface area contributed by atoms with Crippen LogP contribution in [0.2, 0.25) is 0 Å². The Hall–Kier alpha value is -4.44. The van der Waals surface area contributed by atoms with E-state index in [9.17, 15) is 10.1 Å². The van der Waals surface area contributed by atoms with Gasteiger partial charge in [-0.05, 0) is 48.2 Å². The Kier molecular flexibility index (Phi) is 5.30. The predicted octanol–water partition coefficient (Wildman–Crippen LogP) is 5.30. The summed E-state index contributed by atoms with van der Waals surface area (Å²) in [5, 5.41) is 19.0. The monoisotopic (exact) mass is 485 g/mol. The summed E-state index contributed by atoms with van der Waals surface area (Å²) in [6.45, 7) is 0.983. The maximum atomic E-state index is 11.6. The summed E-state index contributed by atoms with van der Waals surface area (Å²) < 4.78 is 18.8. The molecule has 3 heterocycles. The first-order valence-corrected chi connectivity index (χ1v) is 11.5. The highest BCUT2D eigenvalue weighted by molar-refractivity contribution is 5.64. The smallest absolute Gasteiger partial charge is 0.331 e. The molecule has 2 aliphatic rings. The third kappa shape index (κ3) is 4.11. The molecule has 4 aromatic rings. The molecule has 182 valence electrons. The molecule has 1 fully saturated rings. The van der Waals surface area contributed by atoms with Crippen molar-refractivity contribution >= 4 is 17.2 Å². The minimum Gasteiger partial charge on any atom is -0.497 e. The zero-order valence-electron chi connectivity index (χ0n) is 19.5. The van der Waals surface area contributed by atoms with Crippen LogP contribution < -0.4 is 14.8 Å². The number of benzene rings is 2. The molecule has 1 saturated carbocycles. The minimum atomic E-state index is -0.462. The Morgan fingerprint density at radius 3 is 2.69 bits per heavy atom. The summed E-state index contributed by atoms with van der Waals surface area (Å²) in [6.07, 6.45) is 4.97. The van der Waals surface area contributed by atoms with Crippen molar-refractivity contribution in [1.29, 1.82) is 0 Å². The summed E-state index contributed by atoms with van der Waals surface area (Å²) >= 11 is 0. The van der Waals surface area contributed by atoms with Crippen LogP contribution in [0.1, 0.15) is 29.5 Å². The van der Waals surface area contributed by atoms with Crippen LogP contribution >= 0.6 is 0 Å². The number of anilines is 2. The molecule has 0 saturated heterocycles. The number of nitrogens with zero attached hydrogens (tertiary/aromatic N) is 4. The standard InChI is InChI=1S/C26H23N5O5/c1-34-20-8-5-17(6-9-20)14-30-15-21(31(32)33)25(29-30)28-19-7-10-23(27-13-19)36-22-4-2-3-18-16-35-26(11-12-26)24(18)22/h2-10,13,15H,11-12,14,16H2,1H3,(H,28,29). The molecule has 36 heavy (non-hydrogen) atoms. The minimum absolute atomic E-state index is 0.126. The SMILES string of the molecule is COc1ccc(Cn2cc([N+](=O)[O-])c(Nc3ccc(Oc4cccc5c4C4(CC4)OC5)nc3)n2)cc1. The summed E-state index contributed by atoms with van der Waals surface area (Å²) in [5.74, 6) is 2.06. The van der Waals surface area contributed by atoms with Crippen molar-refractivity contribution in [3.8, 4) is 17.4 Å². The highest BCUT2D eigenvalue weighted by Crippen LogP contribution is 2.57. The van der Waals surface area contributed by atoms with Gasteiger partial charge in [-0.2, -0.15) is 0 Å². The highest BCUT2D eigenvalue weighted by Gasteiger charge is 2.52. The van der Waals surface area contributed by atoms with Crippen LogP contribution in [0, 0.1) is 10.1 Å². The van der Waals surface area contributed by atoms with Crippen molar-refractivity contribution in [3.05, 3.63) is 93.8 Å². The fraction of sp³-hybridized carbons (Fsp3) is 0.231. The molecule has 0 radical (unpaired) electrons. The number of methoxy groups -OCH3 is 1. The molecule has 1 aliphatic carbocycles. The van der Waals surface area contributed by atoms with Gasteiger partial charge in [0.15, 0.2) is 0 Å². The van der Waals surface area contributed by atoms with Crippen LogP contribution in [0.3, 0.4) is 0 Å². The third-order valence-corrected chi connectivity index (χ3v) is 6.43. The molecule has 1 N–H and O–H groups in total. The van der Waals surface area contributed by atoms with Gasteiger partial charge in [-0.3, -0.25) is 14.8 Å². The van der Waals surface area contributed by atoms with Crippen molar-refractivity contribution in [2.45, 2.75) is 31.6 Å². The number of aromatic nitrogens is 3. The van der Waals surface area contributed by atoms with E-state index in [1.807, 2.05) is 36.4 Å². The molecule has 2 aromatic carbocycles. The maximum Gasteiger partial charge on any atom is 0.331 e. The predicted molar refractivity (Wildman–Crippen MR) is 131 cm³/mol. The third-order valence-electron chi connectivity index (χ3n) is 6.43. The van der Waals surface area contributed by atoms with E-state index in [-0.39, 0.29) is 17.1 Å². The number of hydrogen-bond donors (Lipinski definition) is 1. The van der Waals surface area contributed by atoms with Gasteiger partial charge in [0, 0.05) is 11.6 Å². The average molecular weight is 486 g/mol. The van der Waals surface area contributed by atoms with Crippen LogP contribution in [0.4, 0.5) is 17.2 Å². The normalized spacial score (nSPS) is 14.9. The number of ether oxygens (including phenoxy) is 3. The Bertz CT molecular complexity index is 1430. The van der Waals surface area contributed by atoms with Gasteiger partial charge < -0.3 is 19.5 Å². The lowest BCUT2D eigenvalue weighted by molar-refractivity contribution is -0.384. The van der Waals surface area contributed by atoms with E-state index in [0.29, 0.717) is 24.7 Å². The van der Waals surface area contributed by atoms with E-state index in [1.165, 1.54) is 10.9 Å². The molecule has 6 rings (SSSR count). The van der Waals surface area contributed by atoms with Crippen LogP contribution in [0.15, 0.2) is 67.0 Å². The van der Waals surface area contributed by atoms with Gasteiger partial charge in [0.1, 0.15) is 17.7 Å². The van der Waals surface area contributed by atoms with Crippen molar-refractivity contribution in [2.24, 2.45) is 0 Å². The molecule has 1 spiro atoms. The Morgan fingerprint density at radius 1 is 1.17 bits per heavy atom. The van der Waals surface area contributed by atoms with Crippen molar-refractivity contribution < 1.29 is 19.1 Å². The fourth-order valence-corrected chi connectivity index (χ4v) is 4.49. The van der Waals surface area contributed by atoms with E-state index in [1.54, 1.807) is 25.4 Å². The Balaban J connectivity index is 1.18. The second-order valence-corrected chi connectivity index (χ2v) is 8.85. The number of hydrogen-bond acceptors (Lipinski definition) is 8. The van der Waals surface area contributed by atoms with Crippen LogP contribution in [0.5, 0.6) is 17.4 Å². The summed E-state index contributed by atoms with van der Waals surface area (Å²) in [4.78, 5) is 15.5. The molecule has 10 nitrogen and oxygen atoms in total. The van der Waals surface area contributed by atoms with Crippen LogP contribution in [-0.4, -0.2) is 26.8 Å². The summed E-state index contributed by atoms with van der Waals surface area (Å²) in [7, 11) is 1.60. The van der Waals surface area contributed by atoms with E-state index in [2.05, 4.69) is 21.5 Å². The molecule has 2 aromatic heterocycles. The summed E-state index contributed by atoms with van der Waals surface area (Å²) in [5.41, 5.74) is 3.44. The largest absolute Gasteiger partial charge is 0.497 e. The molecular weight excluding hydrogens is 462 g/mol. The second kappa shape index (κ2) is 8.65. The number of rotatable bonds is 8. The first-order chi connectivity index (χ1) is 17.5. The molecule has 1 aliphatic heterocycles. The van der Waals surface area contributed by atoms with Gasteiger partial charge in [-0.1, -0.05) is 24.3 Å². The van der Waals surface area contributed by atoms with Crippen molar-refractivity contribution in [2.75, 3.05) is 12.4 Å². The maximum absolute atomic E-state index is 11.6. The topological polar surface area (TPSA) is 114 Å². The molecule has 0 unspecified atom stereocenters. The lowest BCUT2D eigenvalue weighted by Gasteiger charge is -2.14. The zero-order chi connectivity index (χ0) is 24.7. The highest BCUT2D eigenvalue weighted by atomic mass is 16.6. The first kappa shape index (κ1) is 22.1. The number of fused-ring (bicyclic) bond motifs is 2. The van der Waals surface area contributed by atoms with Crippen LogP contribution in [-0.2, 0) is 23.5 Å². The van der Waals surface area contributed by atoms with Crippen LogP contribution in [0.25, 0.3) is 0 Å². The molecule has 10 heteroatoms.